The molecule has 7 nitrogen and oxygen atoms in total. The van der Waals surface area contributed by atoms with Gasteiger partial charge in [-0.05, 0) is 30.3 Å². The van der Waals surface area contributed by atoms with Gasteiger partial charge >= 0.3 is 5.97 Å². The molecule has 3 aromatic rings. The fourth-order valence-corrected chi connectivity index (χ4v) is 2.39. The largest absolute Gasteiger partial charge is 0.465 e. The first-order valence-corrected chi connectivity index (χ1v) is 7.42. The molecule has 1 aromatic heterocycles. The van der Waals surface area contributed by atoms with Crippen molar-refractivity contribution >= 4 is 40.2 Å². The number of rotatable bonds is 4. The van der Waals surface area contributed by atoms with Crippen LogP contribution < -0.4 is 5.32 Å². The van der Waals surface area contributed by atoms with Crippen LogP contribution in [0.1, 0.15) is 10.4 Å². The summed E-state index contributed by atoms with van der Waals surface area (Å²) in [5.74, 6) is -0.848. The molecule has 2 aromatic carbocycles. The van der Waals surface area contributed by atoms with Gasteiger partial charge in [0.2, 0.25) is 5.91 Å². The Kier molecular flexibility index (Phi) is 4.43. The summed E-state index contributed by atoms with van der Waals surface area (Å²) in [5.41, 5.74) is 2.08. The van der Waals surface area contributed by atoms with E-state index in [1.54, 1.807) is 0 Å². The standard InChI is InChI=1S/C16H13ClN4O3/c1-24-16(23)10-6-7-11(17)13(8-10)18-15(22)9-21-14-5-3-2-4-12(14)19-20-21/h2-8H,9H2,1H3,(H,18,22). The van der Waals surface area contributed by atoms with Gasteiger partial charge in [-0.25, -0.2) is 9.48 Å². The summed E-state index contributed by atoms with van der Waals surface area (Å²) in [6.45, 7) is -0.0285. The van der Waals surface area contributed by atoms with Crippen molar-refractivity contribution in [3.63, 3.8) is 0 Å². The van der Waals surface area contributed by atoms with Crippen LogP contribution in [-0.4, -0.2) is 34.0 Å². The Morgan fingerprint density at radius 2 is 2.04 bits per heavy atom. The van der Waals surface area contributed by atoms with E-state index in [1.807, 2.05) is 24.3 Å². The Labute approximate surface area is 142 Å². The molecule has 0 spiro atoms. The zero-order valence-corrected chi connectivity index (χ0v) is 13.4. The van der Waals surface area contributed by atoms with Crippen LogP contribution in [0.15, 0.2) is 42.5 Å². The number of methoxy groups -OCH3 is 1. The van der Waals surface area contributed by atoms with Crippen molar-refractivity contribution in [2.75, 3.05) is 12.4 Å². The summed E-state index contributed by atoms with van der Waals surface area (Å²) in [6.07, 6.45) is 0. The Hall–Kier alpha value is -2.93. The fraction of sp³-hybridized carbons (Fsp3) is 0.125. The van der Waals surface area contributed by atoms with E-state index in [4.69, 9.17) is 11.6 Å². The molecular formula is C16H13ClN4O3. The van der Waals surface area contributed by atoms with E-state index in [1.165, 1.54) is 30.0 Å². The molecule has 0 atom stereocenters. The summed E-state index contributed by atoms with van der Waals surface area (Å²) in [4.78, 5) is 23.8. The van der Waals surface area contributed by atoms with E-state index in [2.05, 4.69) is 20.4 Å². The molecule has 0 saturated heterocycles. The lowest BCUT2D eigenvalue weighted by Crippen LogP contribution is -2.20. The third-order valence-electron chi connectivity index (χ3n) is 3.38. The third kappa shape index (κ3) is 3.21. The maximum Gasteiger partial charge on any atom is 0.337 e. The predicted molar refractivity (Wildman–Crippen MR) is 88.9 cm³/mol. The number of hydrogen-bond acceptors (Lipinski definition) is 5. The van der Waals surface area contributed by atoms with Crippen molar-refractivity contribution < 1.29 is 14.3 Å². The lowest BCUT2D eigenvalue weighted by atomic mass is 10.2. The van der Waals surface area contributed by atoms with Gasteiger partial charge in [0.25, 0.3) is 0 Å². The van der Waals surface area contributed by atoms with Crippen LogP contribution in [0.25, 0.3) is 11.0 Å². The molecule has 1 heterocycles. The minimum Gasteiger partial charge on any atom is -0.465 e. The molecular weight excluding hydrogens is 332 g/mol. The Bertz CT molecular complexity index is 923. The number of nitrogens with zero attached hydrogens (tertiary/aromatic N) is 3. The van der Waals surface area contributed by atoms with E-state index in [-0.39, 0.29) is 12.5 Å². The first-order valence-electron chi connectivity index (χ1n) is 7.04. The first kappa shape index (κ1) is 15.9. The highest BCUT2D eigenvalue weighted by molar-refractivity contribution is 6.33. The van der Waals surface area contributed by atoms with Crippen LogP contribution in [0.2, 0.25) is 5.02 Å². The smallest absolute Gasteiger partial charge is 0.337 e. The number of halogens is 1. The number of nitrogens with one attached hydrogen (secondary N) is 1. The van der Waals surface area contributed by atoms with Crippen LogP contribution >= 0.6 is 11.6 Å². The molecule has 0 radical (unpaired) electrons. The van der Waals surface area contributed by atoms with E-state index in [0.717, 1.165) is 5.52 Å². The molecule has 0 aliphatic rings. The number of amides is 1. The number of carbonyl (C=O) groups excluding carboxylic acids is 2. The molecule has 8 heteroatoms. The third-order valence-corrected chi connectivity index (χ3v) is 3.70. The Balaban J connectivity index is 1.78. The highest BCUT2D eigenvalue weighted by atomic mass is 35.5. The molecule has 0 aliphatic carbocycles. The van der Waals surface area contributed by atoms with Crippen molar-refractivity contribution in [3.8, 4) is 0 Å². The van der Waals surface area contributed by atoms with Gasteiger partial charge in [-0.1, -0.05) is 28.9 Å². The summed E-state index contributed by atoms with van der Waals surface area (Å²) < 4.78 is 6.14. The summed E-state index contributed by atoms with van der Waals surface area (Å²) in [6, 6.07) is 11.8. The number of ether oxygens (including phenoxy) is 1. The number of benzene rings is 2. The van der Waals surface area contributed by atoms with Gasteiger partial charge in [-0.3, -0.25) is 4.79 Å². The molecule has 0 saturated carbocycles. The average molecular weight is 345 g/mol. The minimum absolute atomic E-state index is 0.0285. The predicted octanol–water partition coefficient (Wildman–Crippen LogP) is 2.51. The van der Waals surface area contributed by atoms with E-state index in [9.17, 15) is 9.59 Å². The normalized spacial score (nSPS) is 10.6. The topological polar surface area (TPSA) is 86.1 Å². The zero-order chi connectivity index (χ0) is 17.1. The monoisotopic (exact) mass is 344 g/mol. The van der Waals surface area contributed by atoms with Crippen LogP contribution in [-0.2, 0) is 16.1 Å². The first-order chi connectivity index (χ1) is 11.6. The number of esters is 1. The van der Waals surface area contributed by atoms with E-state index >= 15 is 0 Å². The maximum absolute atomic E-state index is 12.3. The van der Waals surface area contributed by atoms with Gasteiger partial charge in [0.1, 0.15) is 12.1 Å². The van der Waals surface area contributed by atoms with Gasteiger partial charge in [-0.15, -0.1) is 5.10 Å². The fourth-order valence-electron chi connectivity index (χ4n) is 2.23. The number of anilines is 1. The molecule has 1 amide bonds. The van der Waals surface area contributed by atoms with Crippen LogP contribution in [0.3, 0.4) is 0 Å². The quantitative estimate of drug-likeness (QED) is 0.735. The Morgan fingerprint density at radius 1 is 1.25 bits per heavy atom. The molecule has 24 heavy (non-hydrogen) atoms. The summed E-state index contributed by atoms with van der Waals surface area (Å²) in [7, 11) is 1.28. The highest BCUT2D eigenvalue weighted by Gasteiger charge is 2.13. The van der Waals surface area contributed by atoms with E-state index in [0.29, 0.717) is 21.8 Å². The lowest BCUT2D eigenvalue weighted by Gasteiger charge is -2.09. The Morgan fingerprint density at radius 3 is 2.83 bits per heavy atom. The molecule has 122 valence electrons. The van der Waals surface area contributed by atoms with Crippen molar-refractivity contribution in [2.24, 2.45) is 0 Å². The van der Waals surface area contributed by atoms with Crippen molar-refractivity contribution in [2.45, 2.75) is 6.54 Å². The highest BCUT2D eigenvalue weighted by Crippen LogP contribution is 2.23. The number of hydrogen-bond donors (Lipinski definition) is 1. The van der Waals surface area contributed by atoms with Gasteiger partial charge in [-0.2, -0.15) is 0 Å². The van der Waals surface area contributed by atoms with Crippen LogP contribution in [0.5, 0.6) is 0 Å². The minimum atomic E-state index is -0.510. The van der Waals surface area contributed by atoms with Crippen molar-refractivity contribution in [1.29, 1.82) is 0 Å². The molecule has 0 fully saturated rings. The molecule has 0 aliphatic heterocycles. The number of aromatic nitrogens is 3. The van der Waals surface area contributed by atoms with Gasteiger partial charge < -0.3 is 10.1 Å². The maximum atomic E-state index is 12.3. The number of para-hydroxylation sites is 1. The van der Waals surface area contributed by atoms with Crippen molar-refractivity contribution in [1.82, 2.24) is 15.0 Å². The number of carbonyl (C=O) groups is 2. The van der Waals surface area contributed by atoms with Gasteiger partial charge in [0.05, 0.1) is 28.9 Å². The summed E-state index contributed by atoms with van der Waals surface area (Å²) in [5, 5.41) is 10.9. The van der Waals surface area contributed by atoms with E-state index < -0.39 is 5.97 Å². The van der Waals surface area contributed by atoms with Crippen LogP contribution in [0.4, 0.5) is 5.69 Å². The van der Waals surface area contributed by atoms with Crippen LogP contribution in [0, 0.1) is 0 Å². The lowest BCUT2D eigenvalue weighted by molar-refractivity contribution is -0.116. The average Bonchev–Trinajstić information content (AvgIpc) is 2.99. The second-order valence-electron chi connectivity index (χ2n) is 4.97. The van der Waals surface area contributed by atoms with Gasteiger partial charge in [0.15, 0.2) is 0 Å². The molecule has 0 bridgehead atoms. The zero-order valence-electron chi connectivity index (χ0n) is 12.7. The second kappa shape index (κ2) is 6.67. The van der Waals surface area contributed by atoms with Gasteiger partial charge in [0, 0.05) is 0 Å². The van der Waals surface area contributed by atoms with Crippen molar-refractivity contribution in [3.05, 3.63) is 53.1 Å². The second-order valence-corrected chi connectivity index (χ2v) is 5.38. The number of fused-ring (bicyclic) bond motifs is 1. The molecule has 1 N–H and O–H groups in total. The molecule has 0 unspecified atom stereocenters. The summed E-state index contributed by atoms with van der Waals surface area (Å²) >= 11 is 6.06. The SMILES string of the molecule is COC(=O)c1ccc(Cl)c(NC(=O)Cn2nnc3ccccc32)c1. The molecule has 3 rings (SSSR count).